The van der Waals surface area contributed by atoms with E-state index in [0.29, 0.717) is 0 Å². The van der Waals surface area contributed by atoms with Crippen LogP contribution in [0, 0.1) is 0 Å². The van der Waals surface area contributed by atoms with Crippen molar-refractivity contribution in [3.05, 3.63) is 0 Å². The molecule has 0 bridgehead atoms. The molecular formula is C9H19O7P. The Labute approximate surface area is 99.8 Å². The lowest BCUT2D eigenvalue weighted by Crippen LogP contribution is -2.57. The van der Waals surface area contributed by atoms with Gasteiger partial charge in [-0.1, -0.05) is 0 Å². The standard InChI is InChI=1S/C9H19O7P/c1-5-7(10)9(12)8(11)6(16-5)4-17(13,14-2)15-3/h5-12H,4H2,1-3H3/t5-,6-,7+,8+,9?/m0/s1. The highest BCUT2D eigenvalue weighted by molar-refractivity contribution is 7.53. The molecule has 0 spiro atoms. The van der Waals surface area contributed by atoms with Gasteiger partial charge in [0.2, 0.25) is 0 Å². The summed E-state index contributed by atoms with van der Waals surface area (Å²) in [7, 11) is -0.877. The maximum atomic E-state index is 11.9. The van der Waals surface area contributed by atoms with Crippen LogP contribution in [0.2, 0.25) is 0 Å². The van der Waals surface area contributed by atoms with E-state index in [9.17, 15) is 19.9 Å². The van der Waals surface area contributed by atoms with Crippen molar-refractivity contribution in [3.63, 3.8) is 0 Å². The summed E-state index contributed by atoms with van der Waals surface area (Å²) in [6.45, 7) is 1.55. The maximum absolute atomic E-state index is 11.9. The van der Waals surface area contributed by atoms with Crippen LogP contribution in [0.15, 0.2) is 0 Å². The first kappa shape index (κ1) is 15.0. The fraction of sp³-hybridized carbons (Fsp3) is 1.00. The average molecular weight is 270 g/mol. The predicted octanol–water partition coefficient (Wildman–Crippen LogP) is -0.658. The molecule has 1 saturated heterocycles. The van der Waals surface area contributed by atoms with Crippen molar-refractivity contribution in [2.24, 2.45) is 0 Å². The van der Waals surface area contributed by atoms with Gasteiger partial charge in [0.1, 0.15) is 18.3 Å². The molecule has 1 rings (SSSR count). The second kappa shape index (κ2) is 5.75. The highest BCUT2D eigenvalue weighted by Gasteiger charge is 2.44. The molecule has 17 heavy (non-hydrogen) atoms. The minimum Gasteiger partial charge on any atom is -0.388 e. The van der Waals surface area contributed by atoms with Crippen LogP contribution in [-0.2, 0) is 18.3 Å². The van der Waals surface area contributed by atoms with E-state index >= 15 is 0 Å². The second-order valence-corrected chi connectivity index (χ2v) is 6.33. The normalized spacial score (nSPS) is 39.3. The summed E-state index contributed by atoms with van der Waals surface area (Å²) in [5.41, 5.74) is 0. The molecule has 0 aromatic rings. The Balaban J connectivity index is 2.75. The highest BCUT2D eigenvalue weighted by Crippen LogP contribution is 2.48. The molecule has 1 heterocycles. The van der Waals surface area contributed by atoms with Gasteiger partial charge in [-0.3, -0.25) is 4.57 Å². The molecule has 1 aliphatic heterocycles. The fourth-order valence-corrected chi connectivity index (χ4v) is 2.92. The molecule has 1 fully saturated rings. The Bertz CT molecular complexity index is 289. The van der Waals surface area contributed by atoms with E-state index in [4.69, 9.17) is 13.8 Å². The molecule has 1 unspecified atom stereocenters. The number of aliphatic hydroxyl groups excluding tert-OH is 3. The first-order chi connectivity index (χ1) is 7.84. The van der Waals surface area contributed by atoms with Crippen molar-refractivity contribution in [1.82, 2.24) is 0 Å². The van der Waals surface area contributed by atoms with Gasteiger partial charge in [0.15, 0.2) is 0 Å². The molecule has 0 amide bonds. The summed E-state index contributed by atoms with van der Waals surface area (Å²) < 4.78 is 26.6. The first-order valence-electron chi connectivity index (χ1n) is 5.25. The van der Waals surface area contributed by atoms with E-state index in [0.717, 1.165) is 0 Å². The van der Waals surface area contributed by atoms with Crippen molar-refractivity contribution < 1.29 is 33.7 Å². The van der Waals surface area contributed by atoms with Gasteiger partial charge in [0, 0.05) is 14.2 Å². The van der Waals surface area contributed by atoms with E-state index in [-0.39, 0.29) is 6.16 Å². The minimum atomic E-state index is -3.34. The molecule has 1 aliphatic rings. The lowest BCUT2D eigenvalue weighted by Gasteiger charge is -2.39. The monoisotopic (exact) mass is 270 g/mol. The molecular weight excluding hydrogens is 251 g/mol. The predicted molar refractivity (Wildman–Crippen MR) is 58.8 cm³/mol. The Kier molecular flexibility index (Phi) is 5.09. The van der Waals surface area contributed by atoms with Crippen molar-refractivity contribution >= 4 is 7.60 Å². The molecule has 8 heteroatoms. The zero-order valence-corrected chi connectivity index (χ0v) is 10.9. The van der Waals surface area contributed by atoms with E-state index in [1.54, 1.807) is 6.92 Å². The minimum absolute atomic E-state index is 0.185. The number of rotatable bonds is 4. The average Bonchev–Trinajstić information content (AvgIpc) is 2.33. The van der Waals surface area contributed by atoms with Crippen LogP contribution in [0.1, 0.15) is 6.92 Å². The maximum Gasteiger partial charge on any atom is 0.332 e. The molecule has 5 atom stereocenters. The molecule has 102 valence electrons. The van der Waals surface area contributed by atoms with Gasteiger partial charge in [-0.05, 0) is 6.92 Å². The number of hydrogen-bond donors (Lipinski definition) is 3. The zero-order chi connectivity index (χ0) is 13.2. The smallest absolute Gasteiger partial charge is 0.332 e. The molecule has 3 N–H and O–H groups in total. The Morgan fingerprint density at radius 3 is 2.12 bits per heavy atom. The third-order valence-corrected chi connectivity index (χ3v) is 4.83. The summed E-state index contributed by atoms with van der Waals surface area (Å²) in [5.74, 6) is 0. The van der Waals surface area contributed by atoms with Gasteiger partial charge in [0.05, 0.1) is 18.4 Å². The Morgan fingerprint density at radius 1 is 1.12 bits per heavy atom. The van der Waals surface area contributed by atoms with E-state index in [2.05, 4.69) is 0 Å². The SMILES string of the molecule is COP(=O)(C[C@@H]1O[C@@H](C)[C@@H](O)C(O)[C@@H]1O)OC. The number of hydrogen-bond acceptors (Lipinski definition) is 7. The highest BCUT2D eigenvalue weighted by atomic mass is 31.2. The first-order valence-corrected chi connectivity index (χ1v) is 6.97. The van der Waals surface area contributed by atoms with Crippen LogP contribution in [-0.4, -0.2) is 66.2 Å². The summed E-state index contributed by atoms with van der Waals surface area (Å²) in [5, 5.41) is 28.8. The van der Waals surface area contributed by atoms with Gasteiger partial charge >= 0.3 is 7.60 Å². The van der Waals surface area contributed by atoms with Gasteiger partial charge in [0.25, 0.3) is 0 Å². The molecule has 0 radical (unpaired) electrons. The molecule has 0 aliphatic carbocycles. The third-order valence-electron chi connectivity index (χ3n) is 2.91. The zero-order valence-electron chi connectivity index (χ0n) is 10.0. The van der Waals surface area contributed by atoms with E-state index < -0.39 is 38.1 Å². The van der Waals surface area contributed by atoms with Gasteiger partial charge < -0.3 is 29.1 Å². The number of ether oxygens (including phenoxy) is 1. The summed E-state index contributed by atoms with van der Waals surface area (Å²) in [6, 6.07) is 0. The van der Waals surface area contributed by atoms with Crippen molar-refractivity contribution in [2.45, 2.75) is 37.4 Å². The van der Waals surface area contributed by atoms with Crippen LogP contribution in [0.3, 0.4) is 0 Å². The van der Waals surface area contributed by atoms with Crippen LogP contribution in [0.4, 0.5) is 0 Å². The Morgan fingerprint density at radius 2 is 1.65 bits per heavy atom. The van der Waals surface area contributed by atoms with E-state index in [1.807, 2.05) is 0 Å². The van der Waals surface area contributed by atoms with Gasteiger partial charge in [-0.25, -0.2) is 0 Å². The van der Waals surface area contributed by atoms with Crippen LogP contribution < -0.4 is 0 Å². The third kappa shape index (κ3) is 3.26. The van der Waals surface area contributed by atoms with Crippen molar-refractivity contribution in [3.8, 4) is 0 Å². The molecule has 0 saturated carbocycles. The van der Waals surface area contributed by atoms with Gasteiger partial charge in [-0.2, -0.15) is 0 Å². The van der Waals surface area contributed by atoms with E-state index in [1.165, 1.54) is 14.2 Å². The quantitative estimate of drug-likeness (QED) is 0.582. The largest absolute Gasteiger partial charge is 0.388 e. The van der Waals surface area contributed by atoms with Crippen LogP contribution in [0.25, 0.3) is 0 Å². The Hall–Kier alpha value is -0.0100. The summed E-state index contributed by atoms with van der Waals surface area (Å²) in [6.07, 6.45) is -5.61. The van der Waals surface area contributed by atoms with Crippen molar-refractivity contribution in [2.75, 3.05) is 20.4 Å². The van der Waals surface area contributed by atoms with Crippen molar-refractivity contribution in [1.29, 1.82) is 0 Å². The summed E-state index contributed by atoms with van der Waals surface area (Å²) in [4.78, 5) is 0. The summed E-state index contributed by atoms with van der Waals surface area (Å²) >= 11 is 0. The lowest BCUT2D eigenvalue weighted by molar-refractivity contribution is -0.211. The molecule has 0 aromatic heterocycles. The lowest BCUT2D eigenvalue weighted by atomic mass is 9.96. The molecule has 0 aromatic carbocycles. The molecule has 7 nitrogen and oxygen atoms in total. The van der Waals surface area contributed by atoms with Crippen LogP contribution in [0.5, 0.6) is 0 Å². The van der Waals surface area contributed by atoms with Crippen LogP contribution >= 0.6 is 7.60 Å². The van der Waals surface area contributed by atoms with Gasteiger partial charge in [-0.15, -0.1) is 0 Å². The number of aliphatic hydroxyl groups is 3. The fourth-order valence-electron chi connectivity index (χ4n) is 1.73. The topological polar surface area (TPSA) is 105 Å². The second-order valence-electron chi connectivity index (χ2n) is 4.01.